The number of amides is 2. The average molecular weight is 367 g/mol. The Balaban J connectivity index is 1.44. The van der Waals surface area contributed by atoms with Crippen LogP contribution < -0.4 is 5.32 Å². The minimum absolute atomic E-state index is 0.0523. The molecule has 2 amide bonds. The predicted molar refractivity (Wildman–Crippen MR) is 106 cm³/mol. The van der Waals surface area contributed by atoms with Crippen molar-refractivity contribution in [1.82, 2.24) is 10.2 Å². The lowest BCUT2D eigenvalue weighted by atomic mass is 9.69. The molecule has 0 radical (unpaired) electrons. The Kier molecular flexibility index (Phi) is 5.07. The van der Waals surface area contributed by atoms with Crippen LogP contribution in [0.3, 0.4) is 0 Å². The zero-order valence-corrected chi connectivity index (χ0v) is 16.3. The van der Waals surface area contributed by atoms with E-state index in [1.165, 1.54) is 24.1 Å². The van der Waals surface area contributed by atoms with Gasteiger partial charge in [0.15, 0.2) is 0 Å². The third-order valence-electron chi connectivity index (χ3n) is 6.36. The molecule has 0 spiro atoms. The first-order chi connectivity index (χ1) is 13.1. The van der Waals surface area contributed by atoms with Crippen molar-refractivity contribution in [2.75, 3.05) is 13.1 Å². The fraction of sp³-hybridized carbons (Fsp3) is 0.565. The van der Waals surface area contributed by atoms with Crippen molar-refractivity contribution in [1.29, 1.82) is 0 Å². The number of benzene rings is 1. The Morgan fingerprint density at radius 2 is 2.15 bits per heavy atom. The van der Waals surface area contributed by atoms with Gasteiger partial charge >= 0.3 is 0 Å². The fourth-order valence-electron chi connectivity index (χ4n) is 4.65. The van der Waals surface area contributed by atoms with Crippen LogP contribution >= 0.6 is 0 Å². The molecule has 1 N–H and O–H groups in total. The van der Waals surface area contributed by atoms with E-state index in [1.54, 1.807) is 0 Å². The second kappa shape index (κ2) is 7.49. The van der Waals surface area contributed by atoms with Gasteiger partial charge < -0.3 is 10.2 Å². The Labute approximate surface area is 162 Å². The number of nitrogens with zero attached hydrogens (tertiary/aromatic N) is 1. The number of rotatable bonds is 6. The lowest BCUT2D eigenvalue weighted by Crippen LogP contribution is -2.51. The SMILES string of the molecule is Cc1cccc(CC(=O)NCC23CCCC=C2N(CC2CC2)C(=O)CC3)c1. The van der Waals surface area contributed by atoms with E-state index in [9.17, 15) is 9.59 Å². The molecule has 1 heterocycles. The van der Waals surface area contributed by atoms with Crippen molar-refractivity contribution >= 4 is 11.8 Å². The van der Waals surface area contributed by atoms with Gasteiger partial charge in [0.05, 0.1) is 6.42 Å². The first-order valence-corrected chi connectivity index (χ1v) is 10.4. The monoisotopic (exact) mass is 366 g/mol. The molecular weight excluding hydrogens is 336 g/mol. The molecule has 1 saturated carbocycles. The van der Waals surface area contributed by atoms with Gasteiger partial charge in [0.2, 0.25) is 11.8 Å². The Bertz CT molecular complexity index is 765. The molecule has 0 bridgehead atoms. The third-order valence-corrected chi connectivity index (χ3v) is 6.36. The van der Waals surface area contributed by atoms with Crippen molar-refractivity contribution in [3.05, 3.63) is 47.2 Å². The van der Waals surface area contributed by atoms with E-state index in [2.05, 4.69) is 22.4 Å². The molecule has 144 valence electrons. The van der Waals surface area contributed by atoms with E-state index in [0.29, 0.717) is 25.3 Å². The molecule has 1 aromatic rings. The number of hydrogen-bond donors (Lipinski definition) is 1. The molecule has 1 aliphatic heterocycles. The highest BCUT2D eigenvalue weighted by Crippen LogP contribution is 2.47. The van der Waals surface area contributed by atoms with Crippen molar-refractivity contribution < 1.29 is 9.59 Å². The summed E-state index contributed by atoms with van der Waals surface area (Å²) in [4.78, 5) is 27.2. The van der Waals surface area contributed by atoms with E-state index >= 15 is 0 Å². The standard InChI is InChI=1S/C23H30N2O2/c1-17-5-4-6-19(13-17)14-21(26)24-16-23-11-3-2-7-20(23)25(15-18-8-9-18)22(27)10-12-23/h4-7,13,18H,2-3,8-12,14-16H2,1H3,(H,24,26). The zero-order chi connectivity index (χ0) is 18.9. The number of nitrogens with one attached hydrogen (secondary N) is 1. The van der Waals surface area contributed by atoms with Crippen molar-refractivity contribution in [2.45, 2.75) is 58.3 Å². The first kappa shape index (κ1) is 18.3. The summed E-state index contributed by atoms with van der Waals surface area (Å²) in [5, 5.41) is 3.20. The topological polar surface area (TPSA) is 49.4 Å². The molecular formula is C23H30N2O2. The van der Waals surface area contributed by atoms with Crippen LogP contribution in [0, 0.1) is 18.3 Å². The largest absolute Gasteiger partial charge is 0.355 e. The normalized spacial score (nSPS) is 25.0. The molecule has 2 aliphatic carbocycles. The number of carbonyl (C=O) groups is 2. The smallest absolute Gasteiger partial charge is 0.226 e. The summed E-state index contributed by atoms with van der Waals surface area (Å²) in [5.41, 5.74) is 3.38. The number of aryl methyl sites for hydroxylation is 1. The molecule has 27 heavy (non-hydrogen) atoms. The predicted octanol–water partition coefficient (Wildman–Crippen LogP) is 3.74. The number of fused-ring (bicyclic) bond motifs is 1. The highest BCUT2D eigenvalue weighted by Gasteiger charge is 2.45. The van der Waals surface area contributed by atoms with Crippen LogP contribution in [0.1, 0.15) is 56.1 Å². The molecule has 0 aromatic heterocycles. The summed E-state index contributed by atoms with van der Waals surface area (Å²) in [7, 11) is 0. The first-order valence-electron chi connectivity index (χ1n) is 10.4. The van der Waals surface area contributed by atoms with E-state index in [4.69, 9.17) is 0 Å². The number of piperidine rings is 1. The van der Waals surface area contributed by atoms with Crippen molar-refractivity contribution in [3.63, 3.8) is 0 Å². The van der Waals surface area contributed by atoms with Crippen LogP contribution in [0.5, 0.6) is 0 Å². The Hall–Kier alpha value is -2.10. The second-order valence-electron chi connectivity index (χ2n) is 8.65. The van der Waals surface area contributed by atoms with Gasteiger partial charge in [0.1, 0.15) is 0 Å². The van der Waals surface area contributed by atoms with Gasteiger partial charge in [-0.15, -0.1) is 0 Å². The van der Waals surface area contributed by atoms with Gasteiger partial charge in [-0.05, 0) is 56.9 Å². The highest BCUT2D eigenvalue weighted by atomic mass is 16.2. The Morgan fingerprint density at radius 3 is 2.93 bits per heavy atom. The summed E-state index contributed by atoms with van der Waals surface area (Å²) < 4.78 is 0. The summed E-state index contributed by atoms with van der Waals surface area (Å²) in [6.07, 6.45) is 9.91. The van der Waals surface area contributed by atoms with Crippen molar-refractivity contribution in [2.24, 2.45) is 11.3 Å². The van der Waals surface area contributed by atoms with Gasteiger partial charge in [-0.1, -0.05) is 35.9 Å². The molecule has 4 nitrogen and oxygen atoms in total. The number of carbonyl (C=O) groups excluding carboxylic acids is 2. The van der Waals surface area contributed by atoms with Gasteiger partial charge in [0.25, 0.3) is 0 Å². The highest BCUT2D eigenvalue weighted by molar-refractivity contribution is 5.81. The van der Waals surface area contributed by atoms with Crippen LogP contribution in [0.2, 0.25) is 0 Å². The van der Waals surface area contributed by atoms with E-state index < -0.39 is 0 Å². The zero-order valence-electron chi connectivity index (χ0n) is 16.3. The molecule has 4 heteroatoms. The fourth-order valence-corrected chi connectivity index (χ4v) is 4.65. The maximum absolute atomic E-state index is 12.6. The molecule has 2 fully saturated rings. The molecule has 1 unspecified atom stereocenters. The van der Waals surface area contributed by atoms with Crippen LogP contribution in [0.15, 0.2) is 36.0 Å². The lowest BCUT2D eigenvalue weighted by Gasteiger charge is -2.47. The van der Waals surface area contributed by atoms with Gasteiger partial charge in [-0.25, -0.2) is 0 Å². The quantitative estimate of drug-likeness (QED) is 0.834. The number of hydrogen-bond acceptors (Lipinski definition) is 2. The molecule has 1 saturated heterocycles. The van der Waals surface area contributed by atoms with Crippen LogP contribution in [0.25, 0.3) is 0 Å². The van der Waals surface area contributed by atoms with E-state index in [1.807, 2.05) is 25.1 Å². The van der Waals surface area contributed by atoms with E-state index in [-0.39, 0.29) is 17.2 Å². The van der Waals surface area contributed by atoms with Crippen molar-refractivity contribution in [3.8, 4) is 0 Å². The minimum Gasteiger partial charge on any atom is -0.355 e. The lowest BCUT2D eigenvalue weighted by molar-refractivity contribution is -0.134. The average Bonchev–Trinajstić information content (AvgIpc) is 3.47. The summed E-state index contributed by atoms with van der Waals surface area (Å²) in [6, 6.07) is 8.13. The van der Waals surface area contributed by atoms with Gasteiger partial charge in [0, 0.05) is 30.6 Å². The van der Waals surface area contributed by atoms with E-state index in [0.717, 1.165) is 37.8 Å². The molecule has 4 rings (SSSR count). The number of likely N-dealkylation sites (tertiary alicyclic amines) is 1. The van der Waals surface area contributed by atoms with Gasteiger partial charge in [-0.2, -0.15) is 0 Å². The molecule has 1 atom stereocenters. The second-order valence-corrected chi connectivity index (χ2v) is 8.65. The number of allylic oxidation sites excluding steroid dienone is 1. The van der Waals surface area contributed by atoms with Gasteiger partial charge in [-0.3, -0.25) is 9.59 Å². The molecule has 1 aromatic carbocycles. The van der Waals surface area contributed by atoms with Crippen LogP contribution in [-0.4, -0.2) is 29.8 Å². The summed E-state index contributed by atoms with van der Waals surface area (Å²) >= 11 is 0. The van der Waals surface area contributed by atoms with Crippen LogP contribution in [-0.2, 0) is 16.0 Å². The third kappa shape index (κ3) is 4.10. The van der Waals surface area contributed by atoms with Crippen LogP contribution in [0.4, 0.5) is 0 Å². The molecule has 3 aliphatic rings. The maximum Gasteiger partial charge on any atom is 0.226 e. The summed E-state index contributed by atoms with van der Waals surface area (Å²) in [6.45, 7) is 3.58. The Morgan fingerprint density at radius 1 is 1.30 bits per heavy atom. The maximum atomic E-state index is 12.6. The summed E-state index contributed by atoms with van der Waals surface area (Å²) in [5.74, 6) is 1.03. The minimum atomic E-state index is -0.0523.